The van der Waals surface area contributed by atoms with Crippen molar-refractivity contribution in [3.05, 3.63) is 59.9 Å². The maximum absolute atomic E-state index is 13.1. The third-order valence-electron chi connectivity index (χ3n) is 5.17. The molecule has 0 bridgehead atoms. The summed E-state index contributed by atoms with van der Waals surface area (Å²) in [6.07, 6.45) is 1.12. The second kappa shape index (κ2) is 9.11. The molecule has 1 fully saturated rings. The number of nitrogens with zero attached hydrogens (tertiary/aromatic N) is 2. The van der Waals surface area contributed by atoms with Gasteiger partial charge in [-0.2, -0.15) is 0 Å². The molecule has 1 aliphatic rings. The lowest BCUT2D eigenvalue weighted by atomic mass is 10.0. The van der Waals surface area contributed by atoms with Crippen molar-refractivity contribution in [1.29, 1.82) is 0 Å². The van der Waals surface area contributed by atoms with Gasteiger partial charge in [-0.25, -0.2) is 4.39 Å². The quantitative estimate of drug-likeness (QED) is 0.747. The molecule has 3 rings (SSSR count). The first kappa shape index (κ1) is 19.5. The molecule has 0 saturated carbocycles. The molecule has 1 heterocycles. The van der Waals surface area contributed by atoms with Crippen LogP contribution >= 0.6 is 0 Å². The van der Waals surface area contributed by atoms with Crippen LogP contribution in [-0.2, 0) is 4.74 Å². The van der Waals surface area contributed by atoms with Crippen molar-refractivity contribution < 1.29 is 13.9 Å². The lowest BCUT2D eigenvalue weighted by Crippen LogP contribution is -2.33. The predicted molar refractivity (Wildman–Crippen MR) is 105 cm³/mol. The average molecular weight is 370 g/mol. The summed E-state index contributed by atoms with van der Waals surface area (Å²) in [6.45, 7) is 4.56. The van der Waals surface area contributed by atoms with Gasteiger partial charge < -0.3 is 14.5 Å². The first-order valence-electron chi connectivity index (χ1n) is 9.39. The van der Waals surface area contributed by atoms with Crippen molar-refractivity contribution in [2.24, 2.45) is 5.92 Å². The number of benzene rings is 2. The average Bonchev–Trinajstić information content (AvgIpc) is 3.13. The molecule has 0 spiro atoms. The van der Waals surface area contributed by atoms with Gasteiger partial charge in [0.05, 0.1) is 6.61 Å². The summed E-state index contributed by atoms with van der Waals surface area (Å²) < 4.78 is 18.2. The van der Waals surface area contributed by atoms with Gasteiger partial charge in [-0.3, -0.25) is 4.79 Å². The highest BCUT2D eigenvalue weighted by molar-refractivity contribution is 5.94. The monoisotopic (exact) mass is 370 g/mol. The van der Waals surface area contributed by atoms with Crippen molar-refractivity contribution in [2.45, 2.75) is 6.42 Å². The molecule has 1 atom stereocenters. The Bertz CT molecular complexity index is 746. The third kappa shape index (κ3) is 5.15. The number of hydrogen-bond acceptors (Lipinski definition) is 3. The first-order chi connectivity index (χ1) is 13.1. The van der Waals surface area contributed by atoms with Gasteiger partial charge in [0.25, 0.3) is 5.91 Å². The van der Waals surface area contributed by atoms with Crippen molar-refractivity contribution in [3.63, 3.8) is 0 Å². The normalized spacial score (nSPS) is 17.2. The van der Waals surface area contributed by atoms with Crippen molar-refractivity contribution in [2.75, 3.05) is 46.9 Å². The number of ether oxygens (including phenoxy) is 1. The Morgan fingerprint density at radius 3 is 2.41 bits per heavy atom. The number of methoxy groups -OCH3 is 1. The highest BCUT2D eigenvalue weighted by Gasteiger charge is 2.25. The molecule has 27 heavy (non-hydrogen) atoms. The van der Waals surface area contributed by atoms with Crippen LogP contribution in [-0.4, -0.2) is 62.7 Å². The fourth-order valence-corrected chi connectivity index (χ4v) is 3.62. The lowest BCUT2D eigenvalue weighted by Gasteiger charge is -2.22. The zero-order valence-corrected chi connectivity index (χ0v) is 16.0. The maximum Gasteiger partial charge on any atom is 0.253 e. The minimum Gasteiger partial charge on any atom is -0.383 e. The summed E-state index contributed by atoms with van der Waals surface area (Å²) in [4.78, 5) is 16.9. The van der Waals surface area contributed by atoms with Crippen molar-refractivity contribution in [1.82, 2.24) is 9.80 Å². The van der Waals surface area contributed by atoms with E-state index in [9.17, 15) is 9.18 Å². The minimum absolute atomic E-state index is 0.0380. The fraction of sp³-hybridized carbons (Fsp3) is 0.409. The van der Waals surface area contributed by atoms with Gasteiger partial charge in [0.2, 0.25) is 0 Å². The van der Waals surface area contributed by atoms with E-state index in [4.69, 9.17) is 4.74 Å². The lowest BCUT2D eigenvalue weighted by molar-refractivity contribution is 0.0772. The molecule has 1 saturated heterocycles. The zero-order chi connectivity index (χ0) is 19.2. The van der Waals surface area contributed by atoms with Gasteiger partial charge in [-0.1, -0.05) is 24.3 Å². The van der Waals surface area contributed by atoms with Crippen LogP contribution in [0.5, 0.6) is 0 Å². The van der Waals surface area contributed by atoms with Gasteiger partial charge in [0, 0.05) is 39.4 Å². The SMILES string of the molecule is COCCN1CCC(CN(C)C(=O)c2ccc(-c3ccc(F)cc3)cc2)C1. The van der Waals surface area contributed by atoms with Crippen LogP contribution in [0.25, 0.3) is 11.1 Å². The van der Waals surface area contributed by atoms with Crippen molar-refractivity contribution in [3.8, 4) is 11.1 Å². The highest BCUT2D eigenvalue weighted by Crippen LogP contribution is 2.21. The van der Waals surface area contributed by atoms with E-state index < -0.39 is 0 Å². The maximum atomic E-state index is 13.1. The number of carbonyl (C=O) groups is 1. The molecule has 0 N–H and O–H groups in total. The molecular weight excluding hydrogens is 343 g/mol. The second-order valence-electron chi connectivity index (χ2n) is 7.22. The summed E-state index contributed by atoms with van der Waals surface area (Å²) in [6, 6.07) is 13.9. The smallest absolute Gasteiger partial charge is 0.253 e. The van der Waals surface area contributed by atoms with E-state index in [1.54, 1.807) is 19.2 Å². The molecule has 0 aliphatic carbocycles. The number of carbonyl (C=O) groups excluding carboxylic acids is 1. The second-order valence-corrected chi connectivity index (χ2v) is 7.22. The van der Waals surface area contributed by atoms with Crippen LogP contribution in [0.3, 0.4) is 0 Å². The molecule has 1 aliphatic heterocycles. The topological polar surface area (TPSA) is 32.8 Å². The van der Waals surface area contributed by atoms with E-state index in [2.05, 4.69) is 4.90 Å². The van der Waals surface area contributed by atoms with Crippen LogP contribution in [0.2, 0.25) is 0 Å². The largest absolute Gasteiger partial charge is 0.383 e. The highest BCUT2D eigenvalue weighted by atomic mass is 19.1. The number of halogens is 1. The van der Waals surface area contributed by atoms with E-state index >= 15 is 0 Å². The van der Waals surface area contributed by atoms with Gasteiger partial charge in [-0.15, -0.1) is 0 Å². The van der Waals surface area contributed by atoms with Crippen LogP contribution in [0.4, 0.5) is 4.39 Å². The fourth-order valence-electron chi connectivity index (χ4n) is 3.62. The van der Waals surface area contributed by atoms with E-state index in [-0.39, 0.29) is 11.7 Å². The van der Waals surface area contributed by atoms with Gasteiger partial charge in [0.1, 0.15) is 5.82 Å². The third-order valence-corrected chi connectivity index (χ3v) is 5.17. The Kier molecular flexibility index (Phi) is 6.58. The standard InChI is InChI=1S/C22H27FN2O2/c1-24(15-17-11-12-25(16-17)13-14-27-2)22(26)20-5-3-18(4-6-20)19-7-9-21(23)10-8-19/h3-10,17H,11-16H2,1-2H3. The number of rotatable bonds is 7. The van der Waals surface area contributed by atoms with Crippen LogP contribution in [0, 0.1) is 11.7 Å². The van der Waals surface area contributed by atoms with Crippen LogP contribution < -0.4 is 0 Å². The van der Waals surface area contributed by atoms with Gasteiger partial charge in [0.15, 0.2) is 0 Å². The molecule has 0 aromatic heterocycles. The summed E-state index contributed by atoms with van der Waals surface area (Å²) in [7, 11) is 3.59. The molecule has 4 nitrogen and oxygen atoms in total. The number of likely N-dealkylation sites (tertiary alicyclic amines) is 1. The van der Waals surface area contributed by atoms with Crippen molar-refractivity contribution >= 4 is 5.91 Å². The molecule has 1 amide bonds. The summed E-state index contributed by atoms with van der Waals surface area (Å²) in [5.74, 6) is 0.296. The van der Waals surface area contributed by atoms with E-state index in [0.717, 1.165) is 50.3 Å². The molecule has 2 aromatic carbocycles. The summed E-state index contributed by atoms with van der Waals surface area (Å²) in [5, 5.41) is 0. The zero-order valence-electron chi connectivity index (χ0n) is 16.0. The predicted octanol–water partition coefficient (Wildman–Crippen LogP) is 3.53. The summed E-state index contributed by atoms with van der Waals surface area (Å²) in [5.41, 5.74) is 2.59. The van der Waals surface area contributed by atoms with Crippen LogP contribution in [0.15, 0.2) is 48.5 Å². The van der Waals surface area contributed by atoms with Gasteiger partial charge >= 0.3 is 0 Å². The molecule has 2 aromatic rings. The van der Waals surface area contributed by atoms with Gasteiger partial charge in [-0.05, 0) is 54.3 Å². The molecule has 144 valence electrons. The molecule has 1 unspecified atom stereocenters. The van der Waals surface area contributed by atoms with E-state index in [0.29, 0.717) is 11.5 Å². The number of amides is 1. The Hall–Kier alpha value is -2.24. The van der Waals surface area contributed by atoms with Crippen LogP contribution in [0.1, 0.15) is 16.8 Å². The summed E-state index contributed by atoms with van der Waals surface area (Å²) >= 11 is 0. The molecular formula is C22H27FN2O2. The Balaban J connectivity index is 1.56. The Morgan fingerprint density at radius 1 is 1.15 bits per heavy atom. The number of hydrogen-bond donors (Lipinski definition) is 0. The van der Waals surface area contributed by atoms with E-state index in [1.807, 2.05) is 36.2 Å². The Labute approximate surface area is 160 Å². The Morgan fingerprint density at radius 2 is 1.78 bits per heavy atom. The first-order valence-corrected chi connectivity index (χ1v) is 9.39. The molecule has 5 heteroatoms. The van der Waals surface area contributed by atoms with E-state index in [1.165, 1.54) is 12.1 Å². The molecule has 0 radical (unpaired) electrons. The minimum atomic E-state index is -0.250.